The number of aryl methyl sites for hydroxylation is 1. The summed E-state index contributed by atoms with van der Waals surface area (Å²) in [6.45, 7) is 0.645. The number of anilines is 2. The predicted octanol–water partition coefficient (Wildman–Crippen LogP) is 1.22. The largest absolute Gasteiger partial charge is 0.497 e. The van der Waals surface area contributed by atoms with Crippen LogP contribution in [0.1, 0.15) is 5.69 Å². The Labute approximate surface area is 189 Å². The van der Waals surface area contributed by atoms with Crippen LogP contribution in [0.5, 0.6) is 11.5 Å². The molecule has 0 fully saturated rings. The Morgan fingerprint density at radius 3 is 2.00 bits per heavy atom. The van der Waals surface area contributed by atoms with Crippen molar-refractivity contribution >= 4 is 27.3 Å². The molecule has 0 aliphatic rings. The highest BCUT2D eigenvalue weighted by atomic mass is 32.2. The Hall–Kier alpha value is -4.06. The van der Waals surface area contributed by atoms with E-state index in [-0.39, 0.29) is 11.4 Å². The monoisotopic (exact) mass is 474 g/mol. The summed E-state index contributed by atoms with van der Waals surface area (Å²) >= 11 is 0. The van der Waals surface area contributed by atoms with E-state index in [1.54, 1.807) is 24.3 Å². The van der Waals surface area contributed by atoms with Crippen molar-refractivity contribution in [1.29, 1.82) is 0 Å². The third-order valence-electron chi connectivity index (χ3n) is 4.64. The zero-order valence-corrected chi connectivity index (χ0v) is 18.9. The maximum Gasteiger partial charge on any atom is 0.325 e. The summed E-state index contributed by atoms with van der Waals surface area (Å²) in [5, 5.41) is 2.61. The fourth-order valence-corrected chi connectivity index (χ4v) is 4.71. The SMILES string of the molecule is COc1ccc(NC(=O)CN(c2ccc(OC)cc2)S(=O)(=O)c2c(C)[nH]c(=O)[nH]c2=O)cc1. The summed E-state index contributed by atoms with van der Waals surface area (Å²) in [4.78, 5) is 40.1. The van der Waals surface area contributed by atoms with Gasteiger partial charge in [0.25, 0.3) is 15.6 Å². The van der Waals surface area contributed by atoms with Crippen LogP contribution in [0.2, 0.25) is 0 Å². The van der Waals surface area contributed by atoms with Gasteiger partial charge in [-0.15, -0.1) is 0 Å². The summed E-state index contributed by atoms with van der Waals surface area (Å²) in [5.41, 5.74) is -1.55. The second-order valence-electron chi connectivity index (χ2n) is 6.85. The molecular weight excluding hydrogens is 452 g/mol. The minimum Gasteiger partial charge on any atom is -0.497 e. The number of nitrogens with one attached hydrogen (secondary N) is 3. The van der Waals surface area contributed by atoms with Crippen molar-refractivity contribution in [2.45, 2.75) is 11.8 Å². The van der Waals surface area contributed by atoms with Crippen molar-refractivity contribution in [3.8, 4) is 11.5 Å². The van der Waals surface area contributed by atoms with Crippen molar-refractivity contribution < 1.29 is 22.7 Å². The normalized spacial score (nSPS) is 11.0. The Morgan fingerprint density at radius 2 is 1.48 bits per heavy atom. The summed E-state index contributed by atoms with van der Waals surface area (Å²) in [6.07, 6.45) is 0. The predicted molar refractivity (Wildman–Crippen MR) is 122 cm³/mol. The van der Waals surface area contributed by atoms with Crippen molar-refractivity contribution in [3.63, 3.8) is 0 Å². The molecule has 0 aliphatic heterocycles. The number of hydrogen-bond donors (Lipinski definition) is 3. The highest BCUT2D eigenvalue weighted by Gasteiger charge is 2.32. The average Bonchev–Trinajstić information content (AvgIpc) is 2.77. The van der Waals surface area contributed by atoms with Crippen LogP contribution in [0.15, 0.2) is 63.0 Å². The molecule has 1 aromatic heterocycles. The van der Waals surface area contributed by atoms with Crippen molar-refractivity contribution in [2.75, 3.05) is 30.4 Å². The van der Waals surface area contributed by atoms with E-state index in [1.165, 1.54) is 45.4 Å². The molecule has 11 nitrogen and oxygen atoms in total. The van der Waals surface area contributed by atoms with E-state index in [4.69, 9.17) is 9.47 Å². The molecule has 174 valence electrons. The number of H-pyrrole nitrogens is 2. The van der Waals surface area contributed by atoms with E-state index in [9.17, 15) is 22.8 Å². The van der Waals surface area contributed by atoms with Crippen molar-refractivity contribution in [3.05, 3.63) is 75.1 Å². The first kappa shape index (κ1) is 23.6. The van der Waals surface area contributed by atoms with E-state index in [0.717, 1.165) is 4.31 Å². The zero-order chi connectivity index (χ0) is 24.2. The molecule has 0 radical (unpaired) electrons. The van der Waals surface area contributed by atoms with Gasteiger partial charge >= 0.3 is 5.69 Å². The summed E-state index contributed by atoms with van der Waals surface area (Å²) in [7, 11) is -1.59. The minimum absolute atomic E-state index is 0.116. The number of amides is 1. The molecule has 3 N–H and O–H groups in total. The number of carbonyl (C=O) groups is 1. The van der Waals surface area contributed by atoms with E-state index >= 15 is 0 Å². The number of aromatic nitrogens is 2. The first-order chi connectivity index (χ1) is 15.6. The van der Waals surface area contributed by atoms with E-state index in [2.05, 4.69) is 10.3 Å². The fraction of sp³-hybridized carbons (Fsp3) is 0.190. The Bertz CT molecular complexity index is 1360. The maximum atomic E-state index is 13.5. The Morgan fingerprint density at radius 1 is 0.939 bits per heavy atom. The fourth-order valence-electron chi connectivity index (χ4n) is 3.08. The number of ether oxygens (including phenoxy) is 2. The van der Waals surface area contributed by atoms with Gasteiger partial charge in [0.15, 0.2) is 4.90 Å². The Balaban J connectivity index is 2.01. The number of carbonyl (C=O) groups excluding carboxylic acids is 1. The minimum atomic E-state index is -4.55. The van der Waals surface area contributed by atoms with Gasteiger partial charge in [0, 0.05) is 11.4 Å². The van der Waals surface area contributed by atoms with Crippen LogP contribution >= 0.6 is 0 Å². The lowest BCUT2D eigenvalue weighted by Crippen LogP contribution is -2.42. The molecule has 3 rings (SSSR count). The number of methoxy groups -OCH3 is 2. The highest BCUT2D eigenvalue weighted by Crippen LogP contribution is 2.25. The molecule has 0 unspecified atom stereocenters. The van der Waals surface area contributed by atoms with Crippen LogP contribution in [0, 0.1) is 6.92 Å². The molecule has 2 aromatic carbocycles. The molecule has 0 spiro atoms. The van der Waals surface area contributed by atoms with Gasteiger partial charge in [-0.25, -0.2) is 13.2 Å². The quantitative estimate of drug-likeness (QED) is 0.444. The summed E-state index contributed by atoms with van der Waals surface area (Å²) < 4.78 is 37.9. The molecule has 3 aromatic rings. The molecule has 1 amide bonds. The number of sulfonamides is 1. The summed E-state index contributed by atoms with van der Waals surface area (Å²) in [5.74, 6) is 0.401. The number of nitrogens with zero attached hydrogens (tertiary/aromatic N) is 1. The molecule has 12 heteroatoms. The van der Waals surface area contributed by atoms with Gasteiger partial charge in [-0.05, 0) is 55.5 Å². The maximum absolute atomic E-state index is 13.5. The van der Waals surface area contributed by atoms with Gasteiger partial charge in [0.2, 0.25) is 5.91 Å². The molecular formula is C21H22N4O7S. The molecule has 33 heavy (non-hydrogen) atoms. The van der Waals surface area contributed by atoms with Crippen molar-refractivity contribution in [2.24, 2.45) is 0 Å². The molecule has 0 bridgehead atoms. The van der Waals surface area contributed by atoms with Gasteiger partial charge in [-0.3, -0.25) is 18.9 Å². The van der Waals surface area contributed by atoms with E-state index in [0.29, 0.717) is 17.2 Å². The van der Waals surface area contributed by atoms with Gasteiger partial charge in [-0.2, -0.15) is 0 Å². The first-order valence-electron chi connectivity index (χ1n) is 9.59. The highest BCUT2D eigenvalue weighted by molar-refractivity contribution is 7.92. The lowest BCUT2D eigenvalue weighted by Gasteiger charge is -2.24. The standard InChI is InChI=1S/C21H22N4O7S/c1-13-19(20(27)24-21(28)22-13)33(29,30)25(15-6-10-17(32-3)11-7-15)12-18(26)23-14-4-8-16(31-2)9-5-14/h4-11H,12H2,1-3H3,(H,23,26)(H2,22,24,27,28). The molecule has 0 saturated carbocycles. The van der Waals surface area contributed by atoms with E-state index < -0.39 is 38.6 Å². The lowest BCUT2D eigenvalue weighted by molar-refractivity contribution is -0.114. The third-order valence-corrected chi connectivity index (χ3v) is 6.57. The van der Waals surface area contributed by atoms with Gasteiger partial charge in [-0.1, -0.05) is 0 Å². The summed E-state index contributed by atoms with van der Waals surface area (Å²) in [6, 6.07) is 12.4. The smallest absolute Gasteiger partial charge is 0.325 e. The third kappa shape index (κ3) is 5.23. The second-order valence-corrected chi connectivity index (χ2v) is 8.65. The molecule has 0 aliphatic carbocycles. The van der Waals surface area contributed by atoms with Gasteiger partial charge in [0.05, 0.1) is 19.9 Å². The first-order valence-corrected chi connectivity index (χ1v) is 11.0. The van der Waals surface area contributed by atoms with Crippen LogP contribution in [-0.4, -0.2) is 45.1 Å². The molecule has 1 heterocycles. The van der Waals surface area contributed by atoms with E-state index in [1.807, 2.05) is 4.98 Å². The van der Waals surface area contributed by atoms with Crippen LogP contribution in [0.4, 0.5) is 11.4 Å². The zero-order valence-electron chi connectivity index (χ0n) is 18.0. The van der Waals surface area contributed by atoms with Crippen molar-refractivity contribution in [1.82, 2.24) is 9.97 Å². The molecule has 0 atom stereocenters. The number of benzene rings is 2. The van der Waals surface area contributed by atoms with Crippen LogP contribution in [0.25, 0.3) is 0 Å². The lowest BCUT2D eigenvalue weighted by atomic mass is 10.3. The number of hydrogen-bond acceptors (Lipinski definition) is 7. The Kier molecular flexibility index (Phi) is 6.87. The second kappa shape index (κ2) is 9.61. The number of aromatic amines is 2. The van der Waals surface area contributed by atoms with Gasteiger partial charge < -0.3 is 19.8 Å². The van der Waals surface area contributed by atoms with Gasteiger partial charge in [0.1, 0.15) is 18.0 Å². The van der Waals surface area contributed by atoms with Crippen LogP contribution in [-0.2, 0) is 14.8 Å². The molecule has 0 saturated heterocycles. The average molecular weight is 474 g/mol. The topological polar surface area (TPSA) is 151 Å². The van der Waals surface area contributed by atoms with Crippen LogP contribution < -0.4 is 30.3 Å². The number of rotatable bonds is 8. The van der Waals surface area contributed by atoms with Crippen LogP contribution in [0.3, 0.4) is 0 Å².